The Morgan fingerprint density at radius 2 is 2.24 bits per heavy atom. The summed E-state index contributed by atoms with van der Waals surface area (Å²) < 4.78 is 4.42. The molecule has 0 bridgehead atoms. The standard InChI is InChI=1S/C12H12N2O3/c1-3-9-4-5-10(13-8-9)14-11(15)6-7-12(16)17-2/h1,4-5,8H,6-7H2,2H3,(H,13,14,15). The second-order valence-corrected chi connectivity index (χ2v) is 3.20. The Morgan fingerprint density at radius 1 is 1.47 bits per heavy atom. The zero-order chi connectivity index (χ0) is 12.7. The minimum absolute atomic E-state index is 0.0464. The number of terminal acetylenes is 1. The highest BCUT2D eigenvalue weighted by atomic mass is 16.5. The van der Waals surface area contributed by atoms with Crippen molar-refractivity contribution in [2.24, 2.45) is 0 Å². The van der Waals surface area contributed by atoms with Crippen molar-refractivity contribution in [3.05, 3.63) is 23.9 Å². The number of carbonyl (C=O) groups is 2. The number of pyridine rings is 1. The van der Waals surface area contributed by atoms with Crippen molar-refractivity contribution in [2.75, 3.05) is 12.4 Å². The molecule has 1 amide bonds. The molecule has 0 aliphatic carbocycles. The van der Waals surface area contributed by atoms with Crippen LogP contribution in [0.5, 0.6) is 0 Å². The van der Waals surface area contributed by atoms with Gasteiger partial charge in [0, 0.05) is 18.2 Å². The van der Waals surface area contributed by atoms with Gasteiger partial charge in [-0.2, -0.15) is 0 Å². The van der Waals surface area contributed by atoms with E-state index in [4.69, 9.17) is 6.42 Å². The number of rotatable bonds is 4. The fourth-order valence-corrected chi connectivity index (χ4v) is 1.08. The Balaban J connectivity index is 2.45. The quantitative estimate of drug-likeness (QED) is 0.620. The molecular formula is C12H12N2O3. The average molecular weight is 232 g/mol. The van der Waals surface area contributed by atoms with Gasteiger partial charge in [-0.05, 0) is 12.1 Å². The normalized spacial score (nSPS) is 9.18. The van der Waals surface area contributed by atoms with Gasteiger partial charge in [0.05, 0.1) is 13.5 Å². The molecule has 1 rings (SSSR count). The summed E-state index contributed by atoms with van der Waals surface area (Å²) in [6.07, 6.45) is 6.76. The topological polar surface area (TPSA) is 68.3 Å². The monoisotopic (exact) mass is 232 g/mol. The van der Waals surface area contributed by atoms with E-state index in [2.05, 4.69) is 21.0 Å². The van der Waals surface area contributed by atoms with Gasteiger partial charge in [-0.15, -0.1) is 6.42 Å². The number of esters is 1. The lowest BCUT2D eigenvalue weighted by Gasteiger charge is -2.03. The molecule has 0 aromatic carbocycles. The lowest BCUT2D eigenvalue weighted by Crippen LogP contribution is -2.14. The molecule has 1 N–H and O–H groups in total. The van der Waals surface area contributed by atoms with Crippen LogP contribution in [0, 0.1) is 12.3 Å². The van der Waals surface area contributed by atoms with Crippen LogP contribution in [0.1, 0.15) is 18.4 Å². The Morgan fingerprint density at radius 3 is 2.76 bits per heavy atom. The maximum atomic E-state index is 11.4. The molecule has 0 atom stereocenters. The molecule has 0 aliphatic heterocycles. The predicted octanol–water partition coefficient (Wildman–Crippen LogP) is 0.955. The lowest BCUT2D eigenvalue weighted by atomic mass is 10.3. The molecule has 17 heavy (non-hydrogen) atoms. The summed E-state index contributed by atoms with van der Waals surface area (Å²) in [7, 11) is 1.28. The van der Waals surface area contributed by atoms with Crippen molar-refractivity contribution in [2.45, 2.75) is 12.8 Å². The molecule has 1 aromatic rings. The Kier molecular flexibility index (Phi) is 4.70. The Labute approximate surface area is 99.2 Å². The predicted molar refractivity (Wildman–Crippen MR) is 62.1 cm³/mol. The summed E-state index contributed by atoms with van der Waals surface area (Å²) in [5, 5.41) is 2.55. The average Bonchev–Trinajstić information content (AvgIpc) is 2.36. The molecule has 0 spiro atoms. The van der Waals surface area contributed by atoms with Crippen molar-refractivity contribution in [3.63, 3.8) is 0 Å². The van der Waals surface area contributed by atoms with E-state index >= 15 is 0 Å². The molecule has 0 radical (unpaired) electrons. The molecule has 0 aliphatic rings. The van der Waals surface area contributed by atoms with Crippen LogP contribution >= 0.6 is 0 Å². The van der Waals surface area contributed by atoms with E-state index in [1.807, 2.05) is 0 Å². The largest absolute Gasteiger partial charge is 0.469 e. The summed E-state index contributed by atoms with van der Waals surface area (Å²) in [4.78, 5) is 26.1. The van der Waals surface area contributed by atoms with Crippen LogP contribution < -0.4 is 5.32 Å². The smallest absolute Gasteiger partial charge is 0.306 e. The summed E-state index contributed by atoms with van der Waals surface area (Å²) in [6, 6.07) is 3.27. The van der Waals surface area contributed by atoms with Gasteiger partial charge >= 0.3 is 5.97 Å². The molecule has 88 valence electrons. The summed E-state index contributed by atoms with van der Waals surface area (Å²) in [5.41, 5.74) is 0.637. The van der Waals surface area contributed by atoms with E-state index in [1.54, 1.807) is 12.1 Å². The number of aromatic nitrogens is 1. The number of anilines is 1. The highest BCUT2D eigenvalue weighted by molar-refractivity contribution is 5.91. The highest BCUT2D eigenvalue weighted by Crippen LogP contribution is 2.05. The lowest BCUT2D eigenvalue weighted by molar-refractivity contribution is -0.141. The molecule has 5 heteroatoms. The second-order valence-electron chi connectivity index (χ2n) is 3.20. The second kappa shape index (κ2) is 6.28. The summed E-state index contributed by atoms with van der Waals surface area (Å²) >= 11 is 0. The van der Waals surface area contributed by atoms with Gasteiger partial charge in [0.15, 0.2) is 0 Å². The van der Waals surface area contributed by atoms with Gasteiger partial charge in [-0.25, -0.2) is 4.98 Å². The fourth-order valence-electron chi connectivity index (χ4n) is 1.08. The number of methoxy groups -OCH3 is 1. The maximum absolute atomic E-state index is 11.4. The molecule has 0 unspecified atom stereocenters. The van der Waals surface area contributed by atoms with Crippen LogP contribution in [-0.4, -0.2) is 24.0 Å². The van der Waals surface area contributed by atoms with E-state index in [0.29, 0.717) is 11.4 Å². The summed E-state index contributed by atoms with van der Waals surface area (Å²) in [6.45, 7) is 0. The van der Waals surface area contributed by atoms with Crippen LogP contribution in [0.2, 0.25) is 0 Å². The number of hydrogen-bond donors (Lipinski definition) is 1. The number of nitrogens with one attached hydrogen (secondary N) is 1. The minimum Gasteiger partial charge on any atom is -0.469 e. The first kappa shape index (κ1) is 12.7. The van der Waals surface area contributed by atoms with Gasteiger partial charge in [0.25, 0.3) is 0 Å². The van der Waals surface area contributed by atoms with Crippen molar-refractivity contribution >= 4 is 17.7 Å². The van der Waals surface area contributed by atoms with Crippen LogP contribution in [-0.2, 0) is 14.3 Å². The van der Waals surface area contributed by atoms with Gasteiger partial charge in [0.2, 0.25) is 5.91 Å². The van der Waals surface area contributed by atoms with Crippen molar-refractivity contribution < 1.29 is 14.3 Å². The zero-order valence-electron chi connectivity index (χ0n) is 9.40. The molecule has 1 aromatic heterocycles. The zero-order valence-corrected chi connectivity index (χ0v) is 9.40. The number of ether oxygens (including phenoxy) is 1. The number of amides is 1. The fraction of sp³-hybridized carbons (Fsp3) is 0.250. The number of hydrogen-bond acceptors (Lipinski definition) is 4. The van der Waals surface area contributed by atoms with E-state index in [0.717, 1.165) is 0 Å². The molecule has 0 fully saturated rings. The molecule has 1 heterocycles. The molecule has 0 saturated heterocycles. The third-order valence-corrected chi connectivity index (χ3v) is 1.98. The summed E-state index contributed by atoms with van der Waals surface area (Å²) in [5.74, 6) is 2.10. The van der Waals surface area contributed by atoms with Crippen molar-refractivity contribution in [1.82, 2.24) is 4.98 Å². The van der Waals surface area contributed by atoms with Crippen LogP contribution in [0.4, 0.5) is 5.82 Å². The van der Waals surface area contributed by atoms with Crippen LogP contribution in [0.25, 0.3) is 0 Å². The van der Waals surface area contributed by atoms with E-state index in [9.17, 15) is 9.59 Å². The van der Waals surface area contributed by atoms with Crippen molar-refractivity contribution in [1.29, 1.82) is 0 Å². The van der Waals surface area contributed by atoms with Crippen LogP contribution in [0.15, 0.2) is 18.3 Å². The van der Waals surface area contributed by atoms with Crippen molar-refractivity contribution in [3.8, 4) is 12.3 Å². The van der Waals surface area contributed by atoms with Gasteiger partial charge < -0.3 is 10.1 Å². The first-order chi connectivity index (χ1) is 8.15. The van der Waals surface area contributed by atoms with Gasteiger partial charge in [-0.1, -0.05) is 5.92 Å². The third kappa shape index (κ3) is 4.34. The van der Waals surface area contributed by atoms with Gasteiger partial charge in [0.1, 0.15) is 5.82 Å². The molecule has 5 nitrogen and oxygen atoms in total. The molecular weight excluding hydrogens is 220 g/mol. The SMILES string of the molecule is C#Cc1ccc(NC(=O)CCC(=O)OC)nc1. The van der Waals surface area contributed by atoms with E-state index in [1.165, 1.54) is 13.3 Å². The minimum atomic E-state index is -0.421. The van der Waals surface area contributed by atoms with Gasteiger partial charge in [-0.3, -0.25) is 9.59 Å². The maximum Gasteiger partial charge on any atom is 0.306 e. The number of nitrogens with zero attached hydrogens (tertiary/aromatic N) is 1. The first-order valence-electron chi connectivity index (χ1n) is 4.95. The Bertz CT molecular complexity index is 446. The van der Waals surface area contributed by atoms with E-state index in [-0.39, 0.29) is 18.7 Å². The third-order valence-electron chi connectivity index (χ3n) is 1.98. The van der Waals surface area contributed by atoms with E-state index < -0.39 is 5.97 Å². The Hall–Kier alpha value is -2.35. The highest BCUT2D eigenvalue weighted by Gasteiger charge is 2.07. The first-order valence-corrected chi connectivity index (χ1v) is 4.95. The van der Waals surface area contributed by atoms with Crippen LogP contribution in [0.3, 0.4) is 0 Å². The molecule has 0 saturated carbocycles. The number of carbonyl (C=O) groups excluding carboxylic acids is 2.